The van der Waals surface area contributed by atoms with Crippen molar-refractivity contribution in [1.29, 1.82) is 0 Å². The van der Waals surface area contributed by atoms with Crippen LogP contribution in [0.1, 0.15) is 92.9 Å². The maximum absolute atomic E-state index is 13.4. The van der Waals surface area contributed by atoms with Crippen LogP contribution in [0.2, 0.25) is 0 Å². The molecule has 202 valence electrons. The Balaban J connectivity index is 1.66. The van der Waals surface area contributed by atoms with Gasteiger partial charge in [0.05, 0.1) is 31.3 Å². The van der Waals surface area contributed by atoms with E-state index in [4.69, 9.17) is 4.74 Å². The van der Waals surface area contributed by atoms with Crippen LogP contribution in [0.15, 0.2) is 22.8 Å². The highest BCUT2D eigenvalue weighted by Gasteiger charge is 2.69. The molecule has 5 heteroatoms. The number of hydrogen-bond acceptors (Lipinski definition) is 5. The number of esters is 1. The molecule has 3 fully saturated rings. The van der Waals surface area contributed by atoms with Gasteiger partial charge in [-0.15, -0.1) is 0 Å². The number of methoxy groups -OCH3 is 1. The quantitative estimate of drug-likeness (QED) is 0.455. The first kappa shape index (κ1) is 26.4. The van der Waals surface area contributed by atoms with E-state index >= 15 is 0 Å². The molecule has 0 spiro atoms. The molecule has 5 aliphatic rings. The molecular weight excluding hydrogens is 452 g/mol. The van der Waals surface area contributed by atoms with Crippen molar-refractivity contribution in [2.24, 2.45) is 44.8 Å². The van der Waals surface area contributed by atoms with Crippen LogP contribution in [0.25, 0.3) is 0 Å². The van der Waals surface area contributed by atoms with E-state index in [1.54, 1.807) is 0 Å². The van der Waals surface area contributed by atoms with Crippen molar-refractivity contribution in [3.05, 3.63) is 22.8 Å². The molecular formula is C31H48O5. The lowest BCUT2D eigenvalue weighted by molar-refractivity contribution is -0.240. The van der Waals surface area contributed by atoms with Crippen LogP contribution < -0.4 is 0 Å². The Labute approximate surface area is 217 Å². The van der Waals surface area contributed by atoms with E-state index in [1.807, 2.05) is 6.92 Å². The Bertz CT molecular complexity index is 1010. The first-order valence-electron chi connectivity index (χ1n) is 14.2. The fourth-order valence-electron chi connectivity index (χ4n) is 10.6. The van der Waals surface area contributed by atoms with Gasteiger partial charge in [0.1, 0.15) is 0 Å². The summed E-state index contributed by atoms with van der Waals surface area (Å²) in [4.78, 5) is 13.4. The third kappa shape index (κ3) is 2.97. The molecule has 3 N–H and O–H groups in total. The SMILES string of the molecule is COC(=O)C12CC[C@@H](C)C(C)=C1C1=CC[C@@H]3[C@@]4(C)C[C@@H](O)[C@H](O)[C@@](C)(CO)[C@@H]4CC[C@@]3(C)[C@]1(C)CC2. The number of aliphatic hydroxyl groups excluding tert-OH is 3. The molecule has 0 saturated heterocycles. The topological polar surface area (TPSA) is 87.0 Å². The summed E-state index contributed by atoms with van der Waals surface area (Å²) >= 11 is 0. The number of hydrogen-bond donors (Lipinski definition) is 3. The molecule has 5 aliphatic carbocycles. The second-order valence-corrected chi connectivity index (χ2v) is 14.2. The average Bonchev–Trinajstić information content (AvgIpc) is 2.84. The zero-order chi connectivity index (χ0) is 26.5. The standard InChI is InChI=1S/C31H48O5/c1-18-10-13-31(26(35)36-7)15-14-29(5)20(24(31)19(18)2)8-9-23-27(3)16-21(33)25(34)28(4,17-32)22(27)11-12-30(23,29)6/h8,18,21-23,25,32-34H,9-17H2,1-7H3/t18-,21-,22-,23-,25+,27+,28+,29-,30-,31?/m1/s1. The molecule has 0 bridgehead atoms. The van der Waals surface area contributed by atoms with E-state index in [0.29, 0.717) is 18.3 Å². The van der Waals surface area contributed by atoms with Crippen LogP contribution >= 0.6 is 0 Å². The van der Waals surface area contributed by atoms with Crippen LogP contribution in [0.5, 0.6) is 0 Å². The van der Waals surface area contributed by atoms with Crippen molar-refractivity contribution in [3.8, 4) is 0 Å². The molecule has 0 aromatic rings. The molecule has 5 nitrogen and oxygen atoms in total. The number of aliphatic hydroxyl groups is 3. The fraction of sp³-hybridized carbons (Fsp3) is 0.839. The number of carbonyl (C=O) groups is 1. The molecule has 36 heavy (non-hydrogen) atoms. The summed E-state index contributed by atoms with van der Waals surface area (Å²) in [6, 6.07) is 0. The minimum atomic E-state index is -0.901. The fourth-order valence-corrected chi connectivity index (χ4v) is 10.6. The number of carbonyl (C=O) groups excluding carboxylic acids is 1. The molecule has 0 aliphatic heterocycles. The lowest BCUT2D eigenvalue weighted by atomic mass is 9.34. The normalized spacial score (nSPS) is 52.4. The van der Waals surface area contributed by atoms with Gasteiger partial charge in [0.15, 0.2) is 0 Å². The molecule has 1 unspecified atom stereocenters. The van der Waals surface area contributed by atoms with E-state index in [9.17, 15) is 20.1 Å². The third-order valence-electron chi connectivity index (χ3n) is 13.1. The zero-order valence-corrected chi connectivity index (χ0v) is 23.5. The third-order valence-corrected chi connectivity index (χ3v) is 13.1. The molecule has 0 amide bonds. The van der Waals surface area contributed by atoms with Crippen LogP contribution in [0, 0.1) is 44.8 Å². The predicted molar refractivity (Wildman–Crippen MR) is 140 cm³/mol. The Morgan fingerprint density at radius 3 is 2.39 bits per heavy atom. The Morgan fingerprint density at radius 2 is 1.75 bits per heavy atom. The second-order valence-electron chi connectivity index (χ2n) is 14.2. The first-order valence-corrected chi connectivity index (χ1v) is 14.2. The molecule has 0 heterocycles. The summed E-state index contributed by atoms with van der Waals surface area (Å²) in [5.41, 5.74) is 2.51. The molecule has 3 saturated carbocycles. The van der Waals surface area contributed by atoms with Crippen LogP contribution in [0.3, 0.4) is 0 Å². The van der Waals surface area contributed by atoms with Crippen LogP contribution in [-0.2, 0) is 9.53 Å². The van der Waals surface area contributed by atoms with Gasteiger partial charge in [0.2, 0.25) is 0 Å². The monoisotopic (exact) mass is 500 g/mol. The summed E-state index contributed by atoms with van der Waals surface area (Å²) in [5.74, 6) is 0.870. The predicted octanol–water partition coefficient (Wildman–Crippen LogP) is 5.19. The minimum absolute atomic E-state index is 0.00302. The van der Waals surface area contributed by atoms with Gasteiger partial charge in [-0.3, -0.25) is 4.79 Å². The van der Waals surface area contributed by atoms with Crippen molar-refractivity contribution >= 4 is 5.97 Å². The molecule has 5 rings (SSSR count). The number of rotatable bonds is 2. The second kappa shape index (κ2) is 8.16. The van der Waals surface area contributed by atoms with Crippen molar-refractivity contribution in [1.82, 2.24) is 0 Å². The highest BCUT2D eigenvalue weighted by molar-refractivity contribution is 5.84. The maximum Gasteiger partial charge on any atom is 0.316 e. The summed E-state index contributed by atoms with van der Waals surface area (Å²) < 4.78 is 5.45. The van der Waals surface area contributed by atoms with E-state index < -0.39 is 23.0 Å². The van der Waals surface area contributed by atoms with Gasteiger partial charge in [0, 0.05) is 5.41 Å². The van der Waals surface area contributed by atoms with Gasteiger partial charge >= 0.3 is 5.97 Å². The van der Waals surface area contributed by atoms with Gasteiger partial charge in [-0.1, -0.05) is 46.3 Å². The lowest BCUT2D eigenvalue weighted by Gasteiger charge is -2.70. The van der Waals surface area contributed by atoms with Gasteiger partial charge in [0.25, 0.3) is 0 Å². The maximum atomic E-state index is 13.4. The highest BCUT2D eigenvalue weighted by atomic mass is 16.5. The molecule has 0 aromatic heterocycles. The summed E-state index contributed by atoms with van der Waals surface area (Å²) in [6.45, 7) is 13.6. The molecule has 0 aromatic carbocycles. The highest BCUT2D eigenvalue weighted by Crippen LogP contribution is 2.75. The Kier molecular flexibility index (Phi) is 6.00. The van der Waals surface area contributed by atoms with Crippen LogP contribution in [0.4, 0.5) is 0 Å². The summed E-state index contributed by atoms with van der Waals surface area (Å²) in [7, 11) is 1.53. The van der Waals surface area contributed by atoms with Crippen molar-refractivity contribution in [3.63, 3.8) is 0 Å². The zero-order valence-electron chi connectivity index (χ0n) is 23.5. The lowest BCUT2D eigenvalue weighted by Crippen LogP contribution is -2.67. The average molecular weight is 501 g/mol. The Hall–Kier alpha value is -1.17. The largest absolute Gasteiger partial charge is 0.468 e. The number of allylic oxidation sites excluding steroid dienone is 3. The number of fused-ring (bicyclic) bond motifs is 7. The van der Waals surface area contributed by atoms with E-state index in [-0.39, 0.29) is 34.7 Å². The van der Waals surface area contributed by atoms with Crippen molar-refractivity contribution in [2.75, 3.05) is 13.7 Å². The van der Waals surface area contributed by atoms with E-state index in [1.165, 1.54) is 23.8 Å². The minimum Gasteiger partial charge on any atom is -0.468 e. The van der Waals surface area contributed by atoms with Crippen molar-refractivity contribution < 1.29 is 24.9 Å². The van der Waals surface area contributed by atoms with Crippen molar-refractivity contribution in [2.45, 2.75) is 105 Å². The van der Waals surface area contributed by atoms with Gasteiger partial charge in [-0.05, 0) is 103 Å². The van der Waals surface area contributed by atoms with E-state index in [0.717, 1.165) is 44.9 Å². The Morgan fingerprint density at radius 1 is 1.06 bits per heavy atom. The van der Waals surface area contributed by atoms with E-state index in [2.05, 4.69) is 40.7 Å². The van der Waals surface area contributed by atoms with Gasteiger partial charge < -0.3 is 20.1 Å². The van der Waals surface area contributed by atoms with Gasteiger partial charge in [-0.25, -0.2) is 0 Å². The van der Waals surface area contributed by atoms with Crippen LogP contribution in [-0.4, -0.2) is 47.2 Å². The summed E-state index contributed by atoms with van der Waals surface area (Å²) in [5, 5.41) is 32.4. The van der Waals surface area contributed by atoms with Gasteiger partial charge in [-0.2, -0.15) is 0 Å². The molecule has 0 radical (unpaired) electrons. The first-order chi connectivity index (χ1) is 16.8. The summed E-state index contributed by atoms with van der Waals surface area (Å²) in [6.07, 6.45) is 7.81. The number of ether oxygens (including phenoxy) is 1. The molecule has 10 atom stereocenters. The smallest absolute Gasteiger partial charge is 0.316 e.